The summed E-state index contributed by atoms with van der Waals surface area (Å²) in [5.74, 6) is -0.347. The summed E-state index contributed by atoms with van der Waals surface area (Å²) in [5.41, 5.74) is 1.22. The molecule has 0 heterocycles. The van der Waals surface area contributed by atoms with Crippen molar-refractivity contribution in [1.82, 2.24) is 0 Å². The predicted molar refractivity (Wildman–Crippen MR) is 75.9 cm³/mol. The Morgan fingerprint density at radius 1 is 1.16 bits per heavy atom. The van der Waals surface area contributed by atoms with Crippen LogP contribution in [0.25, 0.3) is 0 Å². The third-order valence-electron chi connectivity index (χ3n) is 2.78. The molecule has 0 amide bonds. The topological polar surface area (TPSA) is 52.5 Å². The second-order valence-electron chi connectivity index (χ2n) is 4.23. The van der Waals surface area contributed by atoms with Gasteiger partial charge in [-0.25, -0.2) is 4.39 Å². The van der Waals surface area contributed by atoms with Crippen LogP contribution >= 0.6 is 15.9 Å². The Balaban J connectivity index is 2.25. The van der Waals surface area contributed by atoms with Gasteiger partial charge in [-0.2, -0.15) is 0 Å². The molecule has 2 rings (SSSR count). The number of rotatable bonds is 3. The van der Waals surface area contributed by atoms with Crippen molar-refractivity contribution in [3.63, 3.8) is 0 Å². The summed E-state index contributed by atoms with van der Waals surface area (Å²) in [4.78, 5) is 0. The van der Waals surface area contributed by atoms with Crippen molar-refractivity contribution in [2.75, 3.05) is 5.32 Å². The van der Waals surface area contributed by atoms with Gasteiger partial charge >= 0.3 is 0 Å². The highest BCUT2D eigenvalue weighted by atomic mass is 79.9. The molecule has 0 aliphatic heterocycles. The van der Waals surface area contributed by atoms with E-state index >= 15 is 0 Å². The molecule has 1 unspecified atom stereocenters. The van der Waals surface area contributed by atoms with Gasteiger partial charge in [-0.1, -0.05) is 0 Å². The fraction of sp³-hybridized carbons (Fsp3) is 0.143. The summed E-state index contributed by atoms with van der Waals surface area (Å²) in [7, 11) is 0. The molecule has 0 saturated carbocycles. The summed E-state index contributed by atoms with van der Waals surface area (Å²) < 4.78 is 13.9. The molecule has 2 aromatic rings. The van der Waals surface area contributed by atoms with Gasteiger partial charge in [-0.05, 0) is 53.2 Å². The molecule has 0 aromatic heterocycles. The summed E-state index contributed by atoms with van der Waals surface area (Å²) >= 11 is 3.33. The van der Waals surface area contributed by atoms with Gasteiger partial charge in [0.25, 0.3) is 0 Å². The van der Waals surface area contributed by atoms with Gasteiger partial charge in [0, 0.05) is 16.1 Å². The molecule has 19 heavy (non-hydrogen) atoms. The average molecular weight is 326 g/mol. The molecule has 100 valence electrons. The predicted octanol–water partition coefficient (Wildman–Crippen LogP) is 4.17. The van der Waals surface area contributed by atoms with E-state index in [-0.39, 0.29) is 23.4 Å². The summed E-state index contributed by atoms with van der Waals surface area (Å²) in [6.07, 6.45) is 0. The van der Waals surface area contributed by atoms with Crippen LogP contribution in [-0.2, 0) is 0 Å². The first-order valence-corrected chi connectivity index (χ1v) is 6.50. The first kappa shape index (κ1) is 13.7. The minimum Gasteiger partial charge on any atom is -0.508 e. The molecule has 0 aliphatic carbocycles. The van der Waals surface area contributed by atoms with Crippen LogP contribution in [0.2, 0.25) is 0 Å². The van der Waals surface area contributed by atoms with E-state index in [4.69, 9.17) is 0 Å². The number of hydrogen-bond donors (Lipinski definition) is 3. The van der Waals surface area contributed by atoms with E-state index in [1.807, 2.05) is 6.92 Å². The van der Waals surface area contributed by atoms with Crippen LogP contribution in [0.15, 0.2) is 40.9 Å². The van der Waals surface area contributed by atoms with Gasteiger partial charge in [0.2, 0.25) is 0 Å². The van der Waals surface area contributed by atoms with Gasteiger partial charge in [0.1, 0.15) is 17.3 Å². The van der Waals surface area contributed by atoms with Crippen molar-refractivity contribution in [2.45, 2.75) is 13.0 Å². The van der Waals surface area contributed by atoms with Crippen LogP contribution in [0.1, 0.15) is 18.5 Å². The van der Waals surface area contributed by atoms with E-state index in [9.17, 15) is 14.6 Å². The van der Waals surface area contributed by atoms with Crippen molar-refractivity contribution in [2.24, 2.45) is 0 Å². The zero-order valence-corrected chi connectivity index (χ0v) is 11.8. The second-order valence-corrected chi connectivity index (χ2v) is 5.09. The molecule has 1 atom stereocenters. The molecule has 0 bridgehead atoms. The Labute approximate surface area is 118 Å². The molecule has 5 heteroatoms. The van der Waals surface area contributed by atoms with E-state index in [0.29, 0.717) is 11.3 Å². The standard InChI is InChI=1S/C14H13BrFNO2/c1-8(11-4-3-10(18)7-14(11)19)17-13-6-9(16)2-5-12(13)15/h2-8,17-19H,1H3. The average Bonchev–Trinajstić information content (AvgIpc) is 2.33. The van der Waals surface area contributed by atoms with Crippen molar-refractivity contribution < 1.29 is 14.6 Å². The molecule has 0 spiro atoms. The number of hydrogen-bond acceptors (Lipinski definition) is 3. The van der Waals surface area contributed by atoms with Crippen LogP contribution in [-0.4, -0.2) is 10.2 Å². The lowest BCUT2D eigenvalue weighted by molar-refractivity contribution is 0.444. The minimum absolute atomic E-state index is 0.000358. The van der Waals surface area contributed by atoms with E-state index in [1.165, 1.54) is 24.3 Å². The highest BCUT2D eigenvalue weighted by molar-refractivity contribution is 9.10. The van der Waals surface area contributed by atoms with Gasteiger partial charge in [-0.15, -0.1) is 0 Å². The Morgan fingerprint density at radius 3 is 2.58 bits per heavy atom. The van der Waals surface area contributed by atoms with Crippen molar-refractivity contribution in [1.29, 1.82) is 0 Å². The van der Waals surface area contributed by atoms with Crippen molar-refractivity contribution in [3.05, 3.63) is 52.3 Å². The molecular weight excluding hydrogens is 313 g/mol. The van der Waals surface area contributed by atoms with Crippen LogP contribution < -0.4 is 5.32 Å². The summed E-state index contributed by atoms with van der Waals surface area (Å²) in [5, 5.41) is 22.1. The lowest BCUT2D eigenvalue weighted by Crippen LogP contribution is -2.07. The molecule has 0 radical (unpaired) electrons. The summed E-state index contributed by atoms with van der Waals surface area (Å²) in [6.45, 7) is 1.84. The van der Waals surface area contributed by atoms with Gasteiger partial charge in [-0.3, -0.25) is 0 Å². The first-order valence-electron chi connectivity index (χ1n) is 5.71. The fourth-order valence-corrected chi connectivity index (χ4v) is 2.18. The van der Waals surface area contributed by atoms with E-state index in [0.717, 1.165) is 4.47 Å². The third-order valence-corrected chi connectivity index (χ3v) is 3.47. The molecule has 0 saturated heterocycles. The molecule has 0 fully saturated rings. The van der Waals surface area contributed by atoms with Crippen LogP contribution in [0.5, 0.6) is 11.5 Å². The van der Waals surface area contributed by atoms with E-state index in [2.05, 4.69) is 21.2 Å². The van der Waals surface area contributed by atoms with Gasteiger partial charge < -0.3 is 15.5 Å². The quantitative estimate of drug-likeness (QED) is 0.793. The van der Waals surface area contributed by atoms with Crippen molar-refractivity contribution in [3.8, 4) is 11.5 Å². The Bertz CT molecular complexity index is 604. The number of phenolic OH excluding ortho intramolecular Hbond substituents is 2. The Hall–Kier alpha value is -1.75. The van der Waals surface area contributed by atoms with Crippen LogP contribution in [0, 0.1) is 5.82 Å². The lowest BCUT2D eigenvalue weighted by atomic mass is 10.1. The Morgan fingerprint density at radius 2 is 1.89 bits per heavy atom. The Kier molecular flexibility index (Phi) is 3.95. The maximum atomic E-state index is 13.2. The van der Waals surface area contributed by atoms with Crippen LogP contribution in [0.3, 0.4) is 0 Å². The zero-order chi connectivity index (χ0) is 14.0. The smallest absolute Gasteiger partial charge is 0.125 e. The van der Waals surface area contributed by atoms with E-state index < -0.39 is 0 Å². The molecule has 3 nitrogen and oxygen atoms in total. The number of phenols is 2. The fourth-order valence-electron chi connectivity index (χ4n) is 1.82. The number of aromatic hydroxyl groups is 2. The maximum Gasteiger partial charge on any atom is 0.125 e. The molecule has 0 aliphatic rings. The molecule has 2 aromatic carbocycles. The van der Waals surface area contributed by atoms with Crippen molar-refractivity contribution >= 4 is 21.6 Å². The lowest BCUT2D eigenvalue weighted by Gasteiger charge is -2.18. The molecular formula is C14H13BrFNO2. The maximum absolute atomic E-state index is 13.2. The van der Waals surface area contributed by atoms with Gasteiger partial charge in [0.05, 0.1) is 11.7 Å². The molecule has 3 N–H and O–H groups in total. The second kappa shape index (κ2) is 5.48. The summed E-state index contributed by atoms with van der Waals surface area (Å²) in [6, 6.07) is 8.49. The van der Waals surface area contributed by atoms with Crippen LogP contribution in [0.4, 0.5) is 10.1 Å². The number of benzene rings is 2. The minimum atomic E-state index is -0.340. The highest BCUT2D eigenvalue weighted by Gasteiger charge is 2.12. The monoisotopic (exact) mass is 325 g/mol. The third kappa shape index (κ3) is 3.17. The SMILES string of the molecule is CC(Nc1cc(F)ccc1Br)c1ccc(O)cc1O. The number of nitrogens with one attached hydrogen (secondary N) is 1. The normalized spacial score (nSPS) is 12.2. The first-order chi connectivity index (χ1) is 8.97. The highest BCUT2D eigenvalue weighted by Crippen LogP contribution is 2.32. The van der Waals surface area contributed by atoms with E-state index in [1.54, 1.807) is 12.1 Å². The number of anilines is 1. The largest absolute Gasteiger partial charge is 0.508 e. The van der Waals surface area contributed by atoms with Gasteiger partial charge in [0.15, 0.2) is 0 Å². The zero-order valence-electron chi connectivity index (χ0n) is 10.2. The number of halogens is 2.